The van der Waals surface area contributed by atoms with E-state index >= 15 is 0 Å². The van der Waals surface area contributed by atoms with E-state index in [-0.39, 0.29) is 22.4 Å². The fourth-order valence-electron chi connectivity index (χ4n) is 0.722. The van der Waals surface area contributed by atoms with Crippen LogP contribution in [0.3, 0.4) is 0 Å². The molecular formula is C9H19AuN2O6. The van der Waals surface area contributed by atoms with Crippen molar-refractivity contribution in [3.8, 4) is 0 Å². The van der Waals surface area contributed by atoms with Gasteiger partial charge >= 0.3 is 22.4 Å². The molecule has 0 unspecified atom stereocenters. The molecule has 112 valence electrons. The van der Waals surface area contributed by atoms with Gasteiger partial charge in [0, 0.05) is 13.1 Å². The molecule has 0 aromatic rings. The first-order chi connectivity index (χ1) is 8.09. The minimum atomic E-state index is 0. The van der Waals surface area contributed by atoms with Crippen molar-refractivity contribution in [1.82, 2.24) is 4.90 Å². The van der Waals surface area contributed by atoms with Crippen LogP contribution in [0.1, 0.15) is 13.8 Å². The molecule has 0 radical (unpaired) electrons. The van der Waals surface area contributed by atoms with E-state index in [2.05, 4.69) is 18.7 Å². The third-order valence-corrected chi connectivity index (χ3v) is 1.34. The van der Waals surface area contributed by atoms with E-state index in [9.17, 15) is 0 Å². The van der Waals surface area contributed by atoms with E-state index < -0.39 is 0 Å². The van der Waals surface area contributed by atoms with Crippen molar-refractivity contribution < 1.29 is 52.1 Å². The van der Waals surface area contributed by atoms with Gasteiger partial charge < -0.3 is 40.3 Å². The Bertz CT molecular complexity index is 133. The molecule has 0 bridgehead atoms. The maximum atomic E-state index is 8.24. The molecule has 0 heterocycles. The fourth-order valence-corrected chi connectivity index (χ4v) is 0.722. The van der Waals surface area contributed by atoms with Crippen LogP contribution in [0.4, 0.5) is 0 Å². The van der Waals surface area contributed by atoms with Gasteiger partial charge in [0.2, 0.25) is 0 Å². The second-order valence-corrected chi connectivity index (χ2v) is 2.09. The predicted octanol–water partition coefficient (Wildman–Crippen LogP) is -0.881. The number of rotatable bonds is 4. The summed E-state index contributed by atoms with van der Waals surface area (Å²) in [5.41, 5.74) is 5.34. The van der Waals surface area contributed by atoms with Gasteiger partial charge in [-0.2, -0.15) is 0 Å². The molecule has 0 aliphatic heterocycles. The molecule has 5 N–H and O–H groups in total. The van der Waals surface area contributed by atoms with Gasteiger partial charge in [-0.15, -0.1) is 0 Å². The molecule has 0 aliphatic rings. The van der Waals surface area contributed by atoms with E-state index in [1.165, 1.54) is 0 Å². The Labute approximate surface area is 122 Å². The monoisotopic (exact) mass is 448 g/mol. The van der Waals surface area contributed by atoms with Gasteiger partial charge in [0.15, 0.2) is 0 Å². The van der Waals surface area contributed by atoms with Crippen LogP contribution in [0.2, 0.25) is 0 Å². The molecule has 18 heavy (non-hydrogen) atoms. The quantitative estimate of drug-likeness (QED) is 0.321. The molecule has 0 fully saturated rings. The largest absolute Gasteiger partial charge is 3.00 e. The van der Waals surface area contributed by atoms with Gasteiger partial charge in [-0.05, 0) is 13.1 Å². The van der Waals surface area contributed by atoms with Gasteiger partial charge in [-0.1, -0.05) is 33.3 Å². The van der Waals surface area contributed by atoms with Crippen LogP contribution >= 0.6 is 0 Å². The molecule has 0 aliphatic carbocycles. The third kappa shape index (κ3) is 81.0. The first kappa shape index (κ1) is 30.3. The fraction of sp³-hybridized carbons (Fsp3) is 0.667. The standard InChI is InChI=1S/C6H16N2.3CHO2.Au/c1-3-8(4-2)6-5-7;3*2-1-3;/h3-7H2,1-2H3;3*(H,2,3);/q;3*-1;+3. The number of nitrogens with zero attached hydrogens (tertiary/aromatic N) is 1. The van der Waals surface area contributed by atoms with Crippen LogP contribution in [0.5, 0.6) is 0 Å². The smallest absolute Gasteiger partial charge is 0.665 e. The van der Waals surface area contributed by atoms with Gasteiger partial charge in [0.25, 0.3) is 0 Å². The van der Waals surface area contributed by atoms with Crippen LogP contribution in [-0.4, -0.2) is 65.8 Å². The van der Waals surface area contributed by atoms with E-state index in [1.54, 1.807) is 0 Å². The van der Waals surface area contributed by atoms with Gasteiger partial charge in [-0.3, -0.25) is 0 Å². The van der Waals surface area contributed by atoms with E-state index in [4.69, 9.17) is 35.4 Å². The van der Waals surface area contributed by atoms with Crippen LogP contribution in [-0.2, 0) is 36.8 Å². The third-order valence-electron chi connectivity index (χ3n) is 1.34. The van der Waals surface area contributed by atoms with E-state index in [0.29, 0.717) is 19.4 Å². The van der Waals surface area contributed by atoms with Crippen molar-refractivity contribution >= 4 is 19.4 Å². The first-order valence-electron chi connectivity index (χ1n) is 4.55. The molecule has 8 nitrogen and oxygen atoms in total. The average Bonchev–Trinajstić information content (AvgIpc) is 2.29. The maximum Gasteiger partial charge on any atom is 3.00 e. The molecule has 0 rings (SSSR count). The second-order valence-electron chi connectivity index (χ2n) is 2.09. The molecular weight excluding hydrogens is 429 g/mol. The Morgan fingerprint density at radius 1 is 0.944 bits per heavy atom. The van der Waals surface area contributed by atoms with Gasteiger partial charge in [0.05, 0.1) is 0 Å². The summed E-state index contributed by atoms with van der Waals surface area (Å²) in [4.78, 5) is 27.0. The zero-order chi connectivity index (χ0) is 14.5. The van der Waals surface area contributed by atoms with Crippen molar-refractivity contribution in [2.45, 2.75) is 13.8 Å². The average molecular weight is 448 g/mol. The molecule has 9 heteroatoms. The Morgan fingerprint density at radius 3 is 1.22 bits per heavy atom. The van der Waals surface area contributed by atoms with Crippen molar-refractivity contribution in [1.29, 1.82) is 0 Å². The van der Waals surface area contributed by atoms with E-state index in [1.807, 2.05) is 0 Å². The minimum absolute atomic E-state index is 0. The molecule has 0 amide bonds. The summed E-state index contributed by atoms with van der Waals surface area (Å²) < 4.78 is 0. The maximum absolute atomic E-state index is 8.24. The first-order valence-corrected chi connectivity index (χ1v) is 4.55. The normalized spacial score (nSPS) is 6.67. The summed E-state index contributed by atoms with van der Waals surface area (Å²) in [7, 11) is 0. The van der Waals surface area contributed by atoms with Crippen molar-refractivity contribution in [2.24, 2.45) is 5.73 Å². The Hall–Kier alpha value is -0.930. The molecule has 0 aromatic carbocycles. The Balaban J connectivity index is -0.0000000477. The summed E-state index contributed by atoms with van der Waals surface area (Å²) in [6.45, 7) is 9.86. The molecule has 0 saturated carbocycles. The molecule has 0 saturated heterocycles. The Morgan fingerprint density at radius 2 is 1.17 bits per heavy atom. The number of aliphatic hydroxyl groups excluding tert-OH is 3. The van der Waals surface area contributed by atoms with Crippen LogP contribution in [0.15, 0.2) is 0 Å². The number of hydrogen-bond donors (Lipinski definition) is 4. The van der Waals surface area contributed by atoms with Crippen molar-refractivity contribution in [3.63, 3.8) is 0 Å². The Kier molecular flexibility index (Phi) is 74.6. The minimum Gasteiger partial charge on any atom is -0.665 e. The number of likely N-dealkylation sites (N-methyl/N-ethyl adjacent to an activating group) is 1. The van der Waals surface area contributed by atoms with Crippen LogP contribution < -0.4 is 5.73 Å². The SMILES string of the molecule is CCN(CC)CCN.O=[C-]O.O=[C-]O.O=[C-]O.[Au+3]. The van der Waals surface area contributed by atoms with Gasteiger partial charge in [0.1, 0.15) is 0 Å². The second kappa shape index (κ2) is 44.4. The molecule has 0 aromatic heterocycles. The van der Waals surface area contributed by atoms with Crippen molar-refractivity contribution in [2.75, 3.05) is 26.2 Å². The topological polar surface area (TPSA) is 141 Å². The predicted molar refractivity (Wildman–Crippen MR) is 61.8 cm³/mol. The zero-order valence-corrected chi connectivity index (χ0v) is 12.4. The van der Waals surface area contributed by atoms with E-state index in [0.717, 1.165) is 26.2 Å². The summed E-state index contributed by atoms with van der Waals surface area (Å²) in [5, 5.41) is 20.3. The summed E-state index contributed by atoms with van der Waals surface area (Å²) in [6, 6.07) is 0. The van der Waals surface area contributed by atoms with Gasteiger partial charge in [-0.25, -0.2) is 0 Å². The number of nitrogens with two attached hydrogens (primary N) is 1. The molecule has 0 atom stereocenters. The number of hydrogen-bond acceptors (Lipinski definition) is 5. The summed E-state index contributed by atoms with van der Waals surface area (Å²) in [6.07, 6.45) is 0. The summed E-state index contributed by atoms with van der Waals surface area (Å²) in [5.74, 6) is 0. The summed E-state index contributed by atoms with van der Waals surface area (Å²) >= 11 is 0. The van der Waals surface area contributed by atoms with Crippen LogP contribution in [0, 0.1) is 0 Å². The zero-order valence-electron chi connectivity index (χ0n) is 10.2. The van der Waals surface area contributed by atoms with Crippen LogP contribution in [0.25, 0.3) is 0 Å². The van der Waals surface area contributed by atoms with Crippen molar-refractivity contribution in [3.05, 3.63) is 0 Å². The molecule has 0 spiro atoms.